The lowest BCUT2D eigenvalue weighted by atomic mass is 10.1. The normalized spacial score (nSPS) is 12.1. The molecule has 0 aliphatic carbocycles. The number of hydrogen-bond donors (Lipinski definition) is 0. The average molecular weight is 344 g/mol. The Labute approximate surface area is 143 Å². The van der Waals surface area contributed by atoms with E-state index in [4.69, 9.17) is 20.9 Å². The van der Waals surface area contributed by atoms with Gasteiger partial charge in [-0.15, -0.1) is 0 Å². The minimum absolute atomic E-state index is 0.0603. The third-order valence-corrected chi connectivity index (χ3v) is 3.82. The molecule has 3 aromatic rings. The number of ketones is 1. The molecule has 0 fully saturated rings. The number of esters is 1. The summed E-state index contributed by atoms with van der Waals surface area (Å²) in [5.74, 6) is -0.825. The van der Waals surface area contributed by atoms with Gasteiger partial charge in [0.2, 0.25) is 5.78 Å². The van der Waals surface area contributed by atoms with Crippen molar-refractivity contribution in [3.8, 4) is 0 Å². The van der Waals surface area contributed by atoms with Crippen LogP contribution in [0.25, 0.3) is 11.0 Å². The lowest BCUT2D eigenvalue weighted by Crippen LogP contribution is -2.25. The quantitative estimate of drug-likeness (QED) is 0.520. The van der Waals surface area contributed by atoms with E-state index in [9.17, 15) is 9.59 Å². The zero-order valence-corrected chi connectivity index (χ0v) is 13.6. The number of fused-ring (bicyclic) bond motifs is 1. The fourth-order valence-corrected chi connectivity index (χ4v) is 2.47. The molecule has 0 saturated heterocycles. The molecule has 3 rings (SSSR count). The van der Waals surface area contributed by atoms with Crippen LogP contribution in [0.2, 0.25) is 5.02 Å². The summed E-state index contributed by atoms with van der Waals surface area (Å²) in [5, 5.41) is 5.17. The monoisotopic (exact) mass is 343 g/mol. The van der Waals surface area contributed by atoms with E-state index in [-0.39, 0.29) is 12.2 Å². The number of benzene rings is 2. The Hall–Kier alpha value is -2.66. The maximum Gasteiger partial charge on any atom is 0.312 e. The summed E-state index contributed by atoms with van der Waals surface area (Å²) in [6.07, 6.45) is -0.952. The van der Waals surface area contributed by atoms with Crippen molar-refractivity contribution in [2.24, 2.45) is 0 Å². The van der Waals surface area contributed by atoms with E-state index in [1.807, 2.05) is 18.2 Å². The number of carbonyl (C=O) groups excluding carboxylic acids is 2. The molecule has 0 spiro atoms. The second kappa shape index (κ2) is 6.84. The molecule has 6 heteroatoms. The highest BCUT2D eigenvalue weighted by Crippen LogP contribution is 2.19. The van der Waals surface area contributed by atoms with Crippen LogP contribution in [0, 0.1) is 0 Å². The predicted molar refractivity (Wildman–Crippen MR) is 89.0 cm³/mol. The number of halogens is 1. The predicted octanol–water partition coefficient (Wildman–Crippen LogP) is 3.84. The lowest BCUT2D eigenvalue weighted by Gasteiger charge is -2.12. The maximum absolute atomic E-state index is 12.3. The van der Waals surface area contributed by atoms with Crippen molar-refractivity contribution in [1.82, 2.24) is 5.16 Å². The van der Waals surface area contributed by atoms with Gasteiger partial charge in [0, 0.05) is 16.0 Å². The minimum Gasteiger partial charge on any atom is -0.454 e. The van der Waals surface area contributed by atoms with Crippen molar-refractivity contribution in [2.45, 2.75) is 19.4 Å². The molecule has 0 amide bonds. The summed E-state index contributed by atoms with van der Waals surface area (Å²) in [4.78, 5) is 24.3. The highest BCUT2D eigenvalue weighted by atomic mass is 35.5. The standard InChI is InChI=1S/C18H14ClNO4/c1-11(18(22)12-6-8-13(19)9-7-12)23-17(21)10-15-14-4-2-3-5-16(14)24-20-15/h2-9,11H,10H2,1H3/t11-/m0/s1. The molecule has 0 radical (unpaired) electrons. The Bertz CT molecular complexity index is 885. The second-order valence-electron chi connectivity index (χ2n) is 5.31. The molecule has 122 valence electrons. The van der Waals surface area contributed by atoms with Gasteiger partial charge in [-0.05, 0) is 43.3 Å². The van der Waals surface area contributed by atoms with Crippen LogP contribution in [0.1, 0.15) is 23.0 Å². The van der Waals surface area contributed by atoms with E-state index in [1.165, 1.54) is 6.92 Å². The summed E-state index contributed by atoms with van der Waals surface area (Å²) < 4.78 is 10.4. The fraction of sp³-hybridized carbons (Fsp3) is 0.167. The van der Waals surface area contributed by atoms with Crippen LogP contribution < -0.4 is 0 Å². The molecule has 1 aromatic heterocycles. The maximum atomic E-state index is 12.3. The van der Waals surface area contributed by atoms with Crippen LogP contribution in [0.5, 0.6) is 0 Å². The van der Waals surface area contributed by atoms with Crippen molar-refractivity contribution in [1.29, 1.82) is 0 Å². The topological polar surface area (TPSA) is 69.4 Å². The second-order valence-corrected chi connectivity index (χ2v) is 5.74. The van der Waals surface area contributed by atoms with Crippen LogP contribution >= 0.6 is 11.6 Å². The number of rotatable bonds is 5. The molecule has 0 bridgehead atoms. The van der Waals surface area contributed by atoms with Crippen LogP contribution in [-0.2, 0) is 16.0 Å². The minimum atomic E-state index is -0.892. The number of ether oxygens (including phenoxy) is 1. The molecule has 5 nitrogen and oxygen atoms in total. The van der Waals surface area contributed by atoms with Crippen molar-refractivity contribution in [2.75, 3.05) is 0 Å². The van der Waals surface area contributed by atoms with E-state index in [0.717, 1.165) is 5.39 Å². The largest absolute Gasteiger partial charge is 0.454 e. The number of para-hydroxylation sites is 1. The SMILES string of the molecule is C[C@H](OC(=O)Cc1noc2ccccc12)C(=O)c1ccc(Cl)cc1. The Kier molecular flexibility index (Phi) is 4.62. The molecule has 2 aromatic carbocycles. The van der Waals surface area contributed by atoms with Gasteiger partial charge >= 0.3 is 5.97 Å². The highest BCUT2D eigenvalue weighted by Gasteiger charge is 2.21. The zero-order chi connectivity index (χ0) is 17.1. The van der Waals surface area contributed by atoms with Crippen molar-refractivity contribution in [3.63, 3.8) is 0 Å². The van der Waals surface area contributed by atoms with E-state index in [0.29, 0.717) is 21.9 Å². The highest BCUT2D eigenvalue weighted by molar-refractivity contribution is 6.30. The van der Waals surface area contributed by atoms with Gasteiger partial charge in [0.05, 0.1) is 6.42 Å². The van der Waals surface area contributed by atoms with Gasteiger partial charge in [0.25, 0.3) is 0 Å². The van der Waals surface area contributed by atoms with E-state index in [1.54, 1.807) is 30.3 Å². The van der Waals surface area contributed by atoms with E-state index < -0.39 is 12.1 Å². The van der Waals surface area contributed by atoms with Gasteiger partial charge in [-0.25, -0.2) is 0 Å². The Balaban J connectivity index is 1.66. The molecule has 1 atom stereocenters. The molecule has 0 aliphatic heterocycles. The summed E-state index contributed by atoms with van der Waals surface area (Å²) in [6.45, 7) is 1.54. The Morgan fingerprint density at radius 2 is 1.88 bits per heavy atom. The number of nitrogens with zero attached hydrogens (tertiary/aromatic N) is 1. The van der Waals surface area contributed by atoms with Crippen molar-refractivity contribution < 1.29 is 18.8 Å². The third kappa shape index (κ3) is 3.46. The molecule has 0 aliphatic rings. The first-order valence-corrected chi connectivity index (χ1v) is 7.75. The van der Waals surface area contributed by atoms with Gasteiger partial charge in [-0.2, -0.15) is 0 Å². The lowest BCUT2D eigenvalue weighted by molar-refractivity contribution is -0.145. The summed E-state index contributed by atoms with van der Waals surface area (Å²) >= 11 is 5.79. The zero-order valence-electron chi connectivity index (χ0n) is 12.9. The first-order valence-electron chi connectivity index (χ1n) is 7.37. The number of carbonyl (C=O) groups is 2. The molecular formula is C18H14ClNO4. The number of Topliss-reactive ketones (excluding diaryl/α,β-unsaturated/α-hetero) is 1. The molecule has 0 saturated carbocycles. The van der Waals surface area contributed by atoms with Crippen molar-refractivity contribution in [3.05, 3.63) is 64.8 Å². The first-order chi connectivity index (χ1) is 11.5. The Morgan fingerprint density at radius 3 is 2.62 bits per heavy atom. The average Bonchev–Trinajstić information content (AvgIpc) is 2.98. The Morgan fingerprint density at radius 1 is 1.17 bits per heavy atom. The van der Waals surface area contributed by atoms with E-state index in [2.05, 4.69) is 5.16 Å². The number of hydrogen-bond acceptors (Lipinski definition) is 5. The van der Waals surface area contributed by atoms with Crippen LogP contribution in [0.3, 0.4) is 0 Å². The summed E-state index contributed by atoms with van der Waals surface area (Å²) in [7, 11) is 0. The van der Waals surface area contributed by atoms with Crippen LogP contribution in [0.15, 0.2) is 53.1 Å². The smallest absolute Gasteiger partial charge is 0.312 e. The fourth-order valence-electron chi connectivity index (χ4n) is 2.34. The summed E-state index contributed by atoms with van der Waals surface area (Å²) in [6, 6.07) is 13.7. The van der Waals surface area contributed by atoms with Crippen molar-refractivity contribution >= 4 is 34.3 Å². The van der Waals surface area contributed by atoms with Crippen LogP contribution in [-0.4, -0.2) is 23.0 Å². The number of aromatic nitrogens is 1. The van der Waals surface area contributed by atoms with Gasteiger partial charge in [0.1, 0.15) is 5.69 Å². The third-order valence-electron chi connectivity index (χ3n) is 3.57. The first kappa shape index (κ1) is 16.2. The summed E-state index contributed by atoms with van der Waals surface area (Å²) in [5.41, 5.74) is 1.53. The van der Waals surface area contributed by atoms with Gasteiger partial charge in [0.15, 0.2) is 11.7 Å². The van der Waals surface area contributed by atoms with Gasteiger partial charge in [-0.3, -0.25) is 9.59 Å². The van der Waals surface area contributed by atoms with Gasteiger partial charge < -0.3 is 9.26 Å². The molecule has 1 heterocycles. The molecular weight excluding hydrogens is 330 g/mol. The molecule has 0 N–H and O–H groups in total. The van der Waals surface area contributed by atoms with E-state index >= 15 is 0 Å². The van der Waals surface area contributed by atoms with Gasteiger partial charge in [-0.1, -0.05) is 28.9 Å². The molecule has 0 unspecified atom stereocenters. The molecule has 24 heavy (non-hydrogen) atoms. The van der Waals surface area contributed by atoms with Crippen LogP contribution in [0.4, 0.5) is 0 Å².